The van der Waals surface area contributed by atoms with E-state index in [-0.39, 0.29) is 5.82 Å². The predicted octanol–water partition coefficient (Wildman–Crippen LogP) is 0.848. The van der Waals surface area contributed by atoms with Crippen LogP contribution in [-0.2, 0) is 0 Å². The van der Waals surface area contributed by atoms with Gasteiger partial charge < -0.3 is 21.3 Å². The highest BCUT2D eigenvalue weighted by Crippen LogP contribution is 2.30. The van der Waals surface area contributed by atoms with Gasteiger partial charge in [0.05, 0.1) is 0 Å². The number of amides is 1. The van der Waals surface area contributed by atoms with Crippen LogP contribution in [0, 0.1) is 5.92 Å². The molecule has 1 heterocycles. The van der Waals surface area contributed by atoms with Crippen molar-refractivity contribution >= 4 is 28.3 Å². The first-order chi connectivity index (χ1) is 8.82. The molecule has 6 nitrogen and oxygen atoms in total. The van der Waals surface area contributed by atoms with Crippen molar-refractivity contribution in [1.82, 2.24) is 9.27 Å². The molecule has 1 amide bonds. The molecule has 1 rings (SSSR count). The number of nitrogen functional groups attached to an aromatic ring is 1. The van der Waals surface area contributed by atoms with E-state index in [1.807, 2.05) is 14.1 Å². The maximum Gasteiger partial charge on any atom is 0.255 e. The Morgan fingerprint density at radius 3 is 2.47 bits per heavy atom. The number of primary amides is 1. The van der Waals surface area contributed by atoms with Crippen LogP contribution in [0.2, 0.25) is 0 Å². The zero-order chi connectivity index (χ0) is 14.6. The van der Waals surface area contributed by atoms with Crippen molar-refractivity contribution in [2.45, 2.75) is 13.8 Å². The average molecular weight is 285 g/mol. The fraction of sp³-hybridized carbons (Fsp3) is 0.667. The average Bonchev–Trinajstić information content (AvgIpc) is 2.65. The number of likely N-dealkylation sites (N-methyl/N-ethyl adjacent to an activating group) is 1. The van der Waals surface area contributed by atoms with Crippen molar-refractivity contribution in [2.24, 2.45) is 11.7 Å². The molecule has 0 aliphatic heterocycles. The van der Waals surface area contributed by atoms with E-state index < -0.39 is 5.91 Å². The van der Waals surface area contributed by atoms with Crippen molar-refractivity contribution in [3.8, 4) is 0 Å². The molecule has 0 saturated heterocycles. The van der Waals surface area contributed by atoms with E-state index in [1.54, 1.807) is 0 Å². The number of carbonyl (C=O) groups is 1. The zero-order valence-corrected chi connectivity index (χ0v) is 12.8. The van der Waals surface area contributed by atoms with Crippen LogP contribution < -0.4 is 16.4 Å². The minimum absolute atomic E-state index is 0.228. The first-order valence-electron chi connectivity index (χ1n) is 6.27. The SMILES string of the molecule is CC(C)CN(CCN(C)C)c1snc(N)c1C(N)=O. The summed E-state index contributed by atoms with van der Waals surface area (Å²) >= 11 is 1.24. The molecule has 0 aliphatic carbocycles. The summed E-state index contributed by atoms with van der Waals surface area (Å²) in [6.45, 7) is 6.82. The van der Waals surface area contributed by atoms with E-state index in [0.29, 0.717) is 11.5 Å². The van der Waals surface area contributed by atoms with Gasteiger partial charge in [-0.1, -0.05) is 13.8 Å². The summed E-state index contributed by atoms with van der Waals surface area (Å²) < 4.78 is 4.06. The minimum Gasteiger partial charge on any atom is -0.382 e. The number of nitrogens with zero attached hydrogens (tertiary/aromatic N) is 3. The van der Waals surface area contributed by atoms with Crippen molar-refractivity contribution in [3.05, 3.63) is 5.56 Å². The number of hydrogen-bond acceptors (Lipinski definition) is 6. The van der Waals surface area contributed by atoms with Gasteiger partial charge in [0.1, 0.15) is 10.6 Å². The Kier molecular flexibility index (Phi) is 5.56. The first-order valence-corrected chi connectivity index (χ1v) is 7.04. The molecule has 0 fully saturated rings. The highest BCUT2D eigenvalue weighted by atomic mass is 32.1. The largest absolute Gasteiger partial charge is 0.382 e. The fourth-order valence-corrected chi connectivity index (χ4v) is 2.63. The summed E-state index contributed by atoms with van der Waals surface area (Å²) in [6.07, 6.45) is 0. The van der Waals surface area contributed by atoms with Gasteiger partial charge in [0.2, 0.25) is 0 Å². The number of rotatable bonds is 7. The molecule has 7 heteroatoms. The standard InChI is InChI=1S/C12H23N5OS/c1-8(2)7-17(6-5-16(3)4)12-9(11(14)18)10(13)15-19-12/h8H,5-7H2,1-4H3,(H2,13,15)(H2,14,18). The van der Waals surface area contributed by atoms with E-state index in [9.17, 15) is 4.79 Å². The van der Waals surface area contributed by atoms with Crippen LogP contribution in [0.1, 0.15) is 24.2 Å². The van der Waals surface area contributed by atoms with Crippen LogP contribution in [0.4, 0.5) is 10.8 Å². The minimum atomic E-state index is -0.514. The normalized spacial score (nSPS) is 11.3. The lowest BCUT2D eigenvalue weighted by Crippen LogP contribution is -2.35. The Morgan fingerprint density at radius 1 is 1.37 bits per heavy atom. The van der Waals surface area contributed by atoms with Crippen LogP contribution in [0.3, 0.4) is 0 Å². The lowest BCUT2D eigenvalue weighted by molar-refractivity contribution is 0.100. The molecule has 0 bridgehead atoms. The Bertz CT molecular complexity index is 430. The molecule has 0 spiro atoms. The molecule has 0 aliphatic rings. The Labute approximate surface area is 118 Å². The molecule has 0 atom stereocenters. The molecule has 0 saturated carbocycles. The summed E-state index contributed by atoms with van der Waals surface area (Å²) in [6, 6.07) is 0. The van der Waals surface area contributed by atoms with E-state index in [0.717, 1.165) is 24.6 Å². The third kappa shape index (κ3) is 4.36. The van der Waals surface area contributed by atoms with Gasteiger partial charge in [-0.2, -0.15) is 4.37 Å². The first kappa shape index (κ1) is 15.7. The van der Waals surface area contributed by atoms with Crippen molar-refractivity contribution < 1.29 is 4.79 Å². The molecule has 0 radical (unpaired) electrons. The fourth-order valence-electron chi connectivity index (χ4n) is 1.78. The maximum absolute atomic E-state index is 11.5. The van der Waals surface area contributed by atoms with Gasteiger partial charge in [-0.05, 0) is 31.5 Å². The molecular formula is C12H23N5OS. The number of nitrogens with two attached hydrogens (primary N) is 2. The van der Waals surface area contributed by atoms with Crippen LogP contribution in [0.25, 0.3) is 0 Å². The van der Waals surface area contributed by atoms with Gasteiger partial charge in [-0.15, -0.1) is 0 Å². The highest BCUT2D eigenvalue weighted by molar-refractivity contribution is 7.11. The van der Waals surface area contributed by atoms with Crippen LogP contribution in [0.5, 0.6) is 0 Å². The summed E-state index contributed by atoms with van der Waals surface area (Å²) in [5.41, 5.74) is 11.5. The molecule has 1 aromatic rings. The molecular weight excluding hydrogens is 262 g/mol. The predicted molar refractivity (Wildman–Crippen MR) is 80.6 cm³/mol. The maximum atomic E-state index is 11.5. The van der Waals surface area contributed by atoms with Crippen LogP contribution >= 0.6 is 11.5 Å². The second-order valence-corrected chi connectivity index (χ2v) is 6.01. The summed E-state index contributed by atoms with van der Waals surface area (Å²) in [4.78, 5) is 15.7. The monoisotopic (exact) mass is 285 g/mol. The molecule has 0 unspecified atom stereocenters. The smallest absolute Gasteiger partial charge is 0.255 e. The molecule has 0 aromatic carbocycles. The van der Waals surface area contributed by atoms with Crippen molar-refractivity contribution in [3.63, 3.8) is 0 Å². The summed E-state index contributed by atoms with van der Waals surface area (Å²) in [5.74, 6) is 0.192. The topological polar surface area (TPSA) is 88.5 Å². The van der Waals surface area contributed by atoms with Crippen LogP contribution in [-0.4, -0.2) is 48.9 Å². The molecule has 108 valence electrons. The van der Waals surface area contributed by atoms with Gasteiger partial charge in [-0.3, -0.25) is 4.79 Å². The molecule has 19 heavy (non-hydrogen) atoms. The Hall–Kier alpha value is -1.34. The quantitative estimate of drug-likeness (QED) is 0.775. The number of anilines is 2. The molecule has 4 N–H and O–H groups in total. The Balaban J connectivity index is 2.99. The second-order valence-electron chi connectivity index (χ2n) is 5.26. The lowest BCUT2D eigenvalue weighted by atomic mass is 10.2. The van der Waals surface area contributed by atoms with Gasteiger partial charge >= 0.3 is 0 Å². The third-order valence-electron chi connectivity index (χ3n) is 2.64. The van der Waals surface area contributed by atoms with Crippen LogP contribution in [0.15, 0.2) is 0 Å². The number of aromatic nitrogens is 1. The van der Waals surface area contributed by atoms with Crippen molar-refractivity contribution in [2.75, 3.05) is 44.4 Å². The van der Waals surface area contributed by atoms with Crippen molar-refractivity contribution in [1.29, 1.82) is 0 Å². The van der Waals surface area contributed by atoms with E-state index in [2.05, 4.69) is 28.0 Å². The summed E-state index contributed by atoms with van der Waals surface area (Å²) in [5, 5.41) is 0.778. The third-order valence-corrected chi connectivity index (χ3v) is 3.56. The van der Waals surface area contributed by atoms with Gasteiger partial charge in [-0.25, -0.2) is 0 Å². The molecule has 1 aromatic heterocycles. The summed E-state index contributed by atoms with van der Waals surface area (Å²) in [7, 11) is 4.03. The van der Waals surface area contributed by atoms with E-state index >= 15 is 0 Å². The Morgan fingerprint density at radius 2 is 2.00 bits per heavy atom. The van der Waals surface area contributed by atoms with Gasteiger partial charge in [0.25, 0.3) is 5.91 Å². The highest BCUT2D eigenvalue weighted by Gasteiger charge is 2.22. The van der Waals surface area contributed by atoms with E-state index in [1.165, 1.54) is 11.5 Å². The zero-order valence-electron chi connectivity index (χ0n) is 12.0. The number of hydrogen-bond donors (Lipinski definition) is 2. The lowest BCUT2D eigenvalue weighted by Gasteiger charge is -2.27. The number of carbonyl (C=O) groups excluding carboxylic acids is 1. The second kappa shape index (κ2) is 6.72. The van der Waals surface area contributed by atoms with E-state index in [4.69, 9.17) is 11.5 Å². The van der Waals surface area contributed by atoms with Gasteiger partial charge in [0, 0.05) is 19.6 Å². The van der Waals surface area contributed by atoms with Gasteiger partial charge in [0.15, 0.2) is 5.82 Å².